The van der Waals surface area contributed by atoms with Gasteiger partial charge in [0, 0.05) is 0 Å². The van der Waals surface area contributed by atoms with Gasteiger partial charge in [-0.3, -0.25) is 0 Å². The van der Waals surface area contributed by atoms with Crippen LogP contribution in [-0.4, -0.2) is 0 Å². The van der Waals surface area contributed by atoms with Gasteiger partial charge in [0.05, 0.1) is 0 Å². The molecule has 0 aliphatic rings. The molecule has 0 aromatic rings. The Hall–Kier alpha value is 0. The molecule has 0 bridgehead atoms. The topological polar surface area (TPSA) is 0 Å². The molecule has 0 aliphatic heterocycles. The highest BCUT2D eigenvalue weighted by Gasteiger charge is 2.09. The highest BCUT2D eigenvalue weighted by molar-refractivity contribution is 4.61. The van der Waals surface area contributed by atoms with Crippen molar-refractivity contribution in [2.75, 3.05) is 0 Å². The minimum absolute atomic E-state index is 0. The molecule has 0 heterocycles. The van der Waals surface area contributed by atoms with Crippen molar-refractivity contribution in [2.24, 2.45) is 17.8 Å². The van der Waals surface area contributed by atoms with Gasteiger partial charge in [-0.1, -0.05) is 55.9 Å². The third-order valence-electron chi connectivity index (χ3n) is 2.19. The van der Waals surface area contributed by atoms with Gasteiger partial charge in [0.15, 0.2) is 0 Å². The van der Waals surface area contributed by atoms with Crippen LogP contribution in [-0.2, 0) is 0 Å². The largest absolute Gasteiger partial charge is 0.0776 e. The first-order valence-electron chi connectivity index (χ1n) is 5.06. The second-order valence-electron chi connectivity index (χ2n) is 4.53. The summed E-state index contributed by atoms with van der Waals surface area (Å²) in [5.41, 5.74) is 0. The van der Waals surface area contributed by atoms with Gasteiger partial charge in [-0.05, 0) is 30.6 Å². The fraction of sp³-hybridized carbons (Fsp3) is 1.00. The second-order valence-corrected chi connectivity index (χ2v) is 4.53. The second kappa shape index (κ2) is 10.1. The molecule has 0 atom stereocenters. The van der Waals surface area contributed by atoms with E-state index in [-0.39, 0.29) is 14.9 Å². The van der Waals surface area contributed by atoms with Gasteiger partial charge in [-0.15, -0.1) is 0 Å². The van der Waals surface area contributed by atoms with Crippen LogP contribution >= 0.6 is 0 Å². The lowest BCUT2D eigenvalue weighted by atomic mass is 9.88. The Morgan fingerprint density at radius 1 is 0.769 bits per heavy atom. The average molecular weight is 188 g/mol. The molecule has 0 radical (unpaired) electrons. The molecule has 0 nitrogen and oxygen atoms in total. The molecule has 0 aromatic carbocycles. The molecule has 0 fully saturated rings. The SMILES string of the molecule is C.C.CCC(CC(C)C)CC(C)C. The summed E-state index contributed by atoms with van der Waals surface area (Å²) in [4.78, 5) is 0. The minimum atomic E-state index is 0. The van der Waals surface area contributed by atoms with Gasteiger partial charge in [0.2, 0.25) is 0 Å². The molecule has 0 saturated carbocycles. The van der Waals surface area contributed by atoms with Crippen LogP contribution in [0.15, 0.2) is 0 Å². The van der Waals surface area contributed by atoms with Gasteiger partial charge >= 0.3 is 0 Å². The Morgan fingerprint density at radius 2 is 1.08 bits per heavy atom. The molecule has 84 valence electrons. The van der Waals surface area contributed by atoms with Crippen molar-refractivity contribution in [1.82, 2.24) is 0 Å². The zero-order valence-electron chi connectivity index (χ0n) is 8.85. The molecule has 13 heavy (non-hydrogen) atoms. The van der Waals surface area contributed by atoms with Crippen molar-refractivity contribution in [2.45, 2.75) is 68.7 Å². The Balaban J connectivity index is -0.000000500. The predicted octanol–water partition coefficient (Wildman–Crippen LogP) is 5.38. The third-order valence-corrected chi connectivity index (χ3v) is 2.19. The van der Waals surface area contributed by atoms with Gasteiger partial charge in [-0.2, -0.15) is 0 Å². The van der Waals surface area contributed by atoms with E-state index in [9.17, 15) is 0 Å². The van der Waals surface area contributed by atoms with Crippen LogP contribution in [0.25, 0.3) is 0 Å². The Bertz CT molecular complexity index is 72.0. The molecular formula is C13H32. The van der Waals surface area contributed by atoms with E-state index in [1.165, 1.54) is 19.3 Å². The molecule has 0 amide bonds. The smallest absolute Gasteiger partial charge is 0.0412 e. The van der Waals surface area contributed by atoms with Gasteiger partial charge in [0.25, 0.3) is 0 Å². The number of rotatable bonds is 5. The van der Waals surface area contributed by atoms with Gasteiger partial charge in [-0.25, -0.2) is 0 Å². The van der Waals surface area contributed by atoms with E-state index in [0.717, 1.165) is 17.8 Å². The van der Waals surface area contributed by atoms with E-state index in [1.807, 2.05) is 0 Å². The molecule has 0 heteroatoms. The van der Waals surface area contributed by atoms with Crippen LogP contribution in [0.1, 0.15) is 68.7 Å². The van der Waals surface area contributed by atoms with Crippen molar-refractivity contribution in [3.63, 3.8) is 0 Å². The van der Waals surface area contributed by atoms with Crippen LogP contribution in [0.2, 0.25) is 0 Å². The zero-order valence-corrected chi connectivity index (χ0v) is 8.85. The molecule has 0 N–H and O–H groups in total. The summed E-state index contributed by atoms with van der Waals surface area (Å²) in [6, 6.07) is 0. The van der Waals surface area contributed by atoms with E-state index in [4.69, 9.17) is 0 Å². The van der Waals surface area contributed by atoms with Crippen molar-refractivity contribution >= 4 is 0 Å². The monoisotopic (exact) mass is 188 g/mol. The molecule has 0 saturated heterocycles. The summed E-state index contributed by atoms with van der Waals surface area (Å²) < 4.78 is 0. The maximum absolute atomic E-state index is 2.32. The molecular weight excluding hydrogens is 156 g/mol. The summed E-state index contributed by atoms with van der Waals surface area (Å²) in [6.07, 6.45) is 4.18. The lowest BCUT2D eigenvalue weighted by Crippen LogP contribution is -2.06. The average Bonchev–Trinajstić information content (AvgIpc) is 1.84. The van der Waals surface area contributed by atoms with Crippen molar-refractivity contribution in [3.8, 4) is 0 Å². The minimum Gasteiger partial charge on any atom is -0.0776 e. The van der Waals surface area contributed by atoms with Crippen molar-refractivity contribution < 1.29 is 0 Å². The molecule has 0 aliphatic carbocycles. The third kappa shape index (κ3) is 12.0. The maximum atomic E-state index is 2.32. The van der Waals surface area contributed by atoms with Crippen LogP contribution < -0.4 is 0 Å². The summed E-state index contributed by atoms with van der Waals surface area (Å²) in [6.45, 7) is 11.6. The van der Waals surface area contributed by atoms with Gasteiger partial charge in [0.1, 0.15) is 0 Å². The fourth-order valence-electron chi connectivity index (χ4n) is 1.76. The molecule has 0 aromatic heterocycles. The van der Waals surface area contributed by atoms with E-state index in [0.29, 0.717) is 0 Å². The van der Waals surface area contributed by atoms with Gasteiger partial charge < -0.3 is 0 Å². The van der Waals surface area contributed by atoms with Crippen LogP contribution in [0.4, 0.5) is 0 Å². The van der Waals surface area contributed by atoms with E-state index < -0.39 is 0 Å². The lowest BCUT2D eigenvalue weighted by molar-refractivity contribution is 0.335. The predicted molar refractivity (Wildman–Crippen MR) is 66.2 cm³/mol. The molecule has 0 rings (SSSR count). The first-order valence-corrected chi connectivity index (χ1v) is 5.06. The Morgan fingerprint density at radius 3 is 1.23 bits per heavy atom. The first kappa shape index (κ1) is 18.7. The lowest BCUT2D eigenvalue weighted by Gasteiger charge is -2.18. The van der Waals surface area contributed by atoms with Crippen molar-refractivity contribution in [3.05, 3.63) is 0 Å². The van der Waals surface area contributed by atoms with Crippen molar-refractivity contribution in [1.29, 1.82) is 0 Å². The quantitative estimate of drug-likeness (QED) is 0.543. The highest BCUT2D eigenvalue weighted by Crippen LogP contribution is 2.22. The first-order chi connectivity index (χ1) is 5.06. The zero-order chi connectivity index (χ0) is 8.85. The van der Waals surface area contributed by atoms with Crippen LogP contribution in [0, 0.1) is 17.8 Å². The highest BCUT2D eigenvalue weighted by atomic mass is 14.2. The standard InChI is InChI=1S/C11H24.2CH4/c1-6-11(7-9(2)3)8-10(4)5;;/h9-11H,6-8H2,1-5H3;2*1H4. The summed E-state index contributed by atoms with van der Waals surface area (Å²) in [5, 5.41) is 0. The summed E-state index contributed by atoms with van der Waals surface area (Å²) in [5.74, 6) is 2.72. The number of hydrogen-bond acceptors (Lipinski definition) is 0. The molecule has 0 unspecified atom stereocenters. The Kier molecular flexibility index (Phi) is 14.5. The molecule has 0 spiro atoms. The summed E-state index contributed by atoms with van der Waals surface area (Å²) in [7, 11) is 0. The fourth-order valence-corrected chi connectivity index (χ4v) is 1.76. The van der Waals surface area contributed by atoms with E-state index in [1.54, 1.807) is 0 Å². The maximum Gasteiger partial charge on any atom is -0.0412 e. The van der Waals surface area contributed by atoms with E-state index in [2.05, 4.69) is 34.6 Å². The normalized spacial score (nSPS) is 10.2. The Labute approximate surface area is 87.1 Å². The van der Waals surface area contributed by atoms with Crippen LogP contribution in [0.5, 0.6) is 0 Å². The van der Waals surface area contributed by atoms with E-state index >= 15 is 0 Å². The summed E-state index contributed by atoms with van der Waals surface area (Å²) >= 11 is 0. The van der Waals surface area contributed by atoms with Crippen LogP contribution in [0.3, 0.4) is 0 Å². The number of hydrogen-bond donors (Lipinski definition) is 0.